The maximum atomic E-state index is 12.7. The first-order chi connectivity index (χ1) is 9.99. The molecular weight excluding hydrogens is 324 g/mol. The zero-order valence-electron chi connectivity index (χ0n) is 12.3. The quantitative estimate of drug-likeness (QED) is 0.811. The number of hydrogen-bond acceptors (Lipinski definition) is 5. The number of thioether (sulfide) groups is 1. The van der Waals surface area contributed by atoms with E-state index in [9.17, 15) is 8.42 Å². The highest BCUT2D eigenvalue weighted by molar-refractivity contribution is 7.99. The summed E-state index contributed by atoms with van der Waals surface area (Å²) in [6.45, 7) is 2.99. The van der Waals surface area contributed by atoms with Gasteiger partial charge in [-0.05, 0) is 19.4 Å². The van der Waals surface area contributed by atoms with Gasteiger partial charge in [0.05, 0.1) is 0 Å². The highest BCUT2D eigenvalue weighted by Gasteiger charge is 2.24. The fourth-order valence-corrected chi connectivity index (χ4v) is 5.47. The van der Waals surface area contributed by atoms with Gasteiger partial charge >= 0.3 is 0 Å². The van der Waals surface area contributed by atoms with Gasteiger partial charge in [0.2, 0.25) is 10.0 Å². The van der Waals surface area contributed by atoms with Gasteiger partial charge in [0.1, 0.15) is 4.90 Å². The molecule has 4 nitrogen and oxygen atoms in total. The molecule has 1 aromatic carbocycles. The average molecular weight is 345 g/mol. The topological polar surface area (TPSA) is 58.2 Å². The predicted octanol–water partition coefficient (Wildman–Crippen LogP) is 2.65. The Labute approximate surface area is 134 Å². The molecule has 21 heavy (non-hydrogen) atoms. The summed E-state index contributed by atoms with van der Waals surface area (Å²) in [6.07, 6.45) is 1.98. The van der Waals surface area contributed by atoms with Crippen molar-refractivity contribution in [3.05, 3.63) is 29.1 Å². The second-order valence-electron chi connectivity index (χ2n) is 4.78. The van der Waals surface area contributed by atoms with Crippen LogP contribution in [-0.4, -0.2) is 33.5 Å². The van der Waals surface area contributed by atoms with Gasteiger partial charge in [0, 0.05) is 33.3 Å². The van der Waals surface area contributed by atoms with E-state index in [0.717, 1.165) is 15.0 Å². The van der Waals surface area contributed by atoms with Crippen molar-refractivity contribution < 1.29 is 8.42 Å². The number of benzene rings is 1. The van der Waals surface area contributed by atoms with Crippen molar-refractivity contribution in [2.24, 2.45) is 0 Å². The first-order valence-electron chi connectivity index (χ1n) is 6.67. The smallest absolute Gasteiger partial charge is 0.242 e. The van der Waals surface area contributed by atoms with Crippen LogP contribution in [0.4, 0.5) is 0 Å². The number of sulfonamides is 1. The van der Waals surface area contributed by atoms with Crippen LogP contribution in [0.15, 0.2) is 29.2 Å². The Balaban J connectivity index is 2.45. The molecule has 0 aliphatic rings. The minimum Gasteiger partial charge on any atom is -0.315 e. The average Bonchev–Trinajstić information content (AvgIpc) is 2.84. The number of thiophene rings is 1. The van der Waals surface area contributed by atoms with Crippen LogP contribution in [0.1, 0.15) is 11.8 Å². The van der Waals surface area contributed by atoms with E-state index >= 15 is 0 Å². The number of nitrogens with one attached hydrogen (secondary N) is 2. The zero-order chi connectivity index (χ0) is 15.5. The van der Waals surface area contributed by atoms with E-state index in [2.05, 4.69) is 10.0 Å². The van der Waals surface area contributed by atoms with Crippen molar-refractivity contribution in [2.75, 3.05) is 19.8 Å². The second kappa shape index (κ2) is 7.11. The molecule has 2 N–H and O–H groups in total. The minimum atomic E-state index is -3.49. The Morgan fingerprint density at radius 2 is 2.05 bits per heavy atom. The van der Waals surface area contributed by atoms with Gasteiger partial charge in [-0.1, -0.05) is 25.1 Å². The second-order valence-corrected chi connectivity index (χ2v) is 8.90. The van der Waals surface area contributed by atoms with Gasteiger partial charge in [0.15, 0.2) is 0 Å². The lowest BCUT2D eigenvalue weighted by atomic mass is 10.2. The molecule has 7 heteroatoms. The largest absolute Gasteiger partial charge is 0.315 e. The van der Waals surface area contributed by atoms with Crippen molar-refractivity contribution in [3.63, 3.8) is 0 Å². The van der Waals surface area contributed by atoms with E-state index in [0.29, 0.717) is 18.0 Å². The van der Waals surface area contributed by atoms with Crippen LogP contribution in [0.3, 0.4) is 0 Å². The lowest BCUT2D eigenvalue weighted by Gasteiger charge is -2.11. The first kappa shape index (κ1) is 16.8. The van der Waals surface area contributed by atoms with Crippen LogP contribution in [0.5, 0.6) is 0 Å². The van der Waals surface area contributed by atoms with Gasteiger partial charge in [-0.3, -0.25) is 0 Å². The van der Waals surface area contributed by atoms with Gasteiger partial charge in [-0.25, -0.2) is 13.1 Å². The minimum absolute atomic E-state index is 0.248. The number of hydrogen-bond donors (Lipinski definition) is 2. The molecule has 2 aromatic rings. The monoisotopic (exact) mass is 344 g/mol. The molecule has 1 unspecified atom stereocenters. The number of fused-ring (bicyclic) bond motifs is 1. The Morgan fingerprint density at radius 1 is 1.33 bits per heavy atom. The normalized spacial score (nSPS) is 13.7. The molecule has 1 aromatic heterocycles. The fourth-order valence-electron chi connectivity index (χ4n) is 2.03. The summed E-state index contributed by atoms with van der Waals surface area (Å²) in [5.74, 6) is 0. The molecule has 0 aliphatic heterocycles. The van der Waals surface area contributed by atoms with Crippen molar-refractivity contribution in [1.29, 1.82) is 0 Å². The maximum absolute atomic E-state index is 12.7. The summed E-state index contributed by atoms with van der Waals surface area (Å²) in [5, 5.41) is 4.10. The van der Waals surface area contributed by atoms with E-state index in [1.165, 1.54) is 11.3 Å². The summed E-state index contributed by atoms with van der Waals surface area (Å²) >= 11 is 3.17. The SMILES string of the molecule is CNCc1sc2ccccc2c1S(=O)(=O)NCC(C)SC. The molecule has 1 heterocycles. The van der Waals surface area contributed by atoms with Crippen molar-refractivity contribution >= 4 is 43.2 Å². The first-order valence-corrected chi connectivity index (χ1v) is 10.3. The third-order valence-electron chi connectivity index (χ3n) is 3.19. The van der Waals surface area contributed by atoms with Crippen molar-refractivity contribution in [2.45, 2.75) is 23.6 Å². The molecule has 0 saturated carbocycles. The molecule has 0 bridgehead atoms. The summed E-state index contributed by atoms with van der Waals surface area (Å²) in [7, 11) is -1.67. The van der Waals surface area contributed by atoms with Crippen LogP contribution in [0, 0.1) is 0 Å². The predicted molar refractivity (Wildman–Crippen MR) is 92.8 cm³/mol. The number of rotatable bonds is 7. The fraction of sp³-hybridized carbons (Fsp3) is 0.429. The standard InChI is InChI=1S/C14H20N2O2S3/c1-10(19-3)8-16-21(17,18)14-11-6-4-5-7-12(11)20-13(14)9-15-2/h4-7,10,15-16H,8-9H2,1-3H3. The van der Waals surface area contributed by atoms with Crippen LogP contribution in [0.25, 0.3) is 10.1 Å². The molecule has 0 radical (unpaired) electrons. The van der Waals surface area contributed by atoms with Crippen LogP contribution in [-0.2, 0) is 16.6 Å². The molecule has 0 spiro atoms. The van der Waals surface area contributed by atoms with E-state index in [1.807, 2.05) is 44.5 Å². The molecule has 1 atom stereocenters. The molecular formula is C14H20N2O2S3. The van der Waals surface area contributed by atoms with Gasteiger partial charge in [0.25, 0.3) is 0 Å². The molecule has 0 fully saturated rings. The summed E-state index contributed by atoms with van der Waals surface area (Å²) in [5.41, 5.74) is 0. The highest BCUT2D eigenvalue weighted by Crippen LogP contribution is 2.34. The van der Waals surface area contributed by atoms with E-state index in [4.69, 9.17) is 0 Å². The maximum Gasteiger partial charge on any atom is 0.242 e. The highest BCUT2D eigenvalue weighted by atomic mass is 32.2. The van der Waals surface area contributed by atoms with Gasteiger partial charge in [-0.2, -0.15) is 11.8 Å². The van der Waals surface area contributed by atoms with E-state index in [1.54, 1.807) is 11.8 Å². The summed E-state index contributed by atoms with van der Waals surface area (Å²) < 4.78 is 29.1. The lowest BCUT2D eigenvalue weighted by molar-refractivity contribution is 0.581. The van der Waals surface area contributed by atoms with E-state index in [-0.39, 0.29) is 5.25 Å². The zero-order valence-corrected chi connectivity index (χ0v) is 14.8. The third-order valence-corrected chi connectivity index (χ3v) is 7.01. The summed E-state index contributed by atoms with van der Waals surface area (Å²) in [4.78, 5) is 1.27. The van der Waals surface area contributed by atoms with Crippen LogP contribution >= 0.6 is 23.1 Å². The van der Waals surface area contributed by atoms with Gasteiger partial charge < -0.3 is 5.32 Å². The Bertz CT molecular complexity index is 710. The Hall–Kier alpha value is -0.600. The van der Waals surface area contributed by atoms with Crippen LogP contribution in [0.2, 0.25) is 0 Å². The van der Waals surface area contributed by atoms with Crippen molar-refractivity contribution in [1.82, 2.24) is 10.0 Å². The molecule has 2 rings (SSSR count). The third kappa shape index (κ3) is 3.78. The van der Waals surface area contributed by atoms with Crippen LogP contribution < -0.4 is 10.0 Å². The van der Waals surface area contributed by atoms with Gasteiger partial charge in [-0.15, -0.1) is 11.3 Å². The molecule has 0 aliphatic carbocycles. The Morgan fingerprint density at radius 3 is 2.71 bits per heavy atom. The molecule has 0 amide bonds. The van der Waals surface area contributed by atoms with Crippen molar-refractivity contribution in [3.8, 4) is 0 Å². The van der Waals surface area contributed by atoms with E-state index < -0.39 is 10.0 Å². The summed E-state index contributed by atoms with van der Waals surface area (Å²) in [6, 6.07) is 7.64. The molecule has 0 saturated heterocycles. The molecule has 116 valence electrons. The Kier molecular flexibility index (Phi) is 5.67. The lowest BCUT2D eigenvalue weighted by Crippen LogP contribution is -2.30.